The third kappa shape index (κ3) is 4.57. The van der Waals surface area contributed by atoms with Crippen molar-refractivity contribution in [3.05, 3.63) is 0 Å². The second-order valence-corrected chi connectivity index (χ2v) is 7.05. The first-order chi connectivity index (χ1) is 8.45. The van der Waals surface area contributed by atoms with Gasteiger partial charge in [0, 0.05) is 12.1 Å². The van der Waals surface area contributed by atoms with Crippen molar-refractivity contribution < 1.29 is 0 Å². The van der Waals surface area contributed by atoms with Crippen LogP contribution in [0.15, 0.2) is 0 Å². The summed E-state index contributed by atoms with van der Waals surface area (Å²) in [5.41, 5.74) is 0. The van der Waals surface area contributed by atoms with E-state index in [1.165, 1.54) is 38.5 Å². The number of rotatable bonds is 6. The van der Waals surface area contributed by atoms with E-state index in [2.05, 4.69) is 46.6 Å². The molecule has 0 heterocycles. The average Bonchev–Trinajstić information content (AvgIpc) is 2.37. The van der Waals surface area contributed by atoms with Crippen LogP contribution < -0.4 is 0 Å². The van der Waals surface area contributed by atoms with Crippen LogP contribution in [-0.2, 0) is 0 Å². The largest absolute Gasteiger partial charge is 0.301 e. The standard InChI is InChI=1S/C17H35N/c1-7-14(4)12-15(5)16-8-10-17(11-9-16)18(6)13(2)3/h13-17H,7-12H2,1-6H3. The first-order valence-corrected chi connectivity index (χ1v) is 8.17. The van der Waals surface area contributed by atoms with Crippen LogP contribution in [0.5, 0.6) is 0 Å². The normalized spacial score (nSPS) is 28.7. The maximum absolute atomic E-state index is 2.58. The van der Waals surface area contributed by atoms with E-state index in [0.717, 1.165) is 23.8 Å². The van der Waals surface area contributed by atoms with Crippen molar-refractivity contribution in [1.29, 1.82) is 0 Å². The number of hydrogen-bond acceptors (Lipinski definition) is 1. The van der Waals surface area contributed by atoms with Gasteiger partial charge in [-0.25, -0.2) is 0 Å². The van der Waals surface area contributed by atoms with Crippen molar-refractivity contribution in [3.63, 3.8) is 0 Å². The van der Waals surface area contributed by atoms with Crippen molar-refractivity contribution in [1.82, 2.24) is 4.90 Å². The molecule has 1 aliphatic carbocycles. The topological polar surface area (TPSA) is 3.24 Å². The van der Waals surface area contributed by atoms with Gasteiger partial charge in [-0.05, 0) is 70.8 Å². The van der Waals surface area contributed by atoms with E-state index in [1.807, 2.05) is 0 Å². The molecule has 0 aromatic rings. The van der Waals surface area contributed by atoms with Gasteiger partial charge in [0.05, 0.1) is 0 Å². The van der Waals surface area contributed by atoms with Gasteiger partial charge in [0.25, 0.3) is 0 Å². The lowest BCUT2D eigenvalue weighted by Crippen LogP contribution is -2.40. The fraction of sp³-hybridized carbons (Fsp3) is 1.00. The van der Waals surface area contributed by atoms with Crippen molar-refractivity contribution in [3.8, 4) is 0 Å². The maximum atomic E-state index is 2.58. The van der Waals surface area contributed by atoms with Crippen molar-refractivity contribution >= 4 is 0 Å². The first-order valence-electron chi connectivity index (χ1n) is 8.17. The van der Waals surface area contributed by atoms with E-state index in [9.17, 15) is 0 Å². The molecule has 0 amide bonds. The van der Waals surface area contributed by atoms with E-state index < -0.39 is 0 Å². The molecule has 1 rings (SSSR count). The van der Waals surface area contributed by atoms with Crippen LogP contribution in [0.4, 0.5) is 0 Å². The molecule has 18 heavy (non-hydrogen) atoms. The van der Waals surface area contributed by atoms with Gasteiger partial charge < -0.3 is 4.90 Å². The summed E-state index contributed by atoms with van der Waals surface area (Å²) in [6.45, 7) is 11.9. The zero-order valence-electron chi connectivity index (χ0n) is 13.6. The Morgan fingerprint density at radius 2 is 1.56 bits per heavy atom. The summed E-state index contributed by atoms with van der Waals surface area (Å²) in [7, 11) is 2.30. The Labute approximate surface area is 115 Å². The molecule has 1 nitrogen and oxygen atoms in total. The molecule has 2 atom stereocenters. The van der Waals surface area contributed by atoms with Gasteiger partial charge in [-0.1, -0.05) is 27.2 Å². The van der Waals surface area contributed by atoms with Crippen molar-refractivity contribution in [2.45, 2.75) is 85.2 Å². The average molecular weight is 253 g/mol. The third-order valence-corrected chi connectivity index (χ3v) is 5.41. The molecule has 0 aliphatic heterocycles. The van der Waals surface area contributed by atoms with Gasteiger partial charge in [-0.3, -0.25) is 0 Å². The van der Waals surface area contributed by atoms with E-state index in [4.69, 9.17) is 0 Å². The lowest BCUT2D eigenvalue weighted by molar-refractivity contribution is 0.114. The highest BCUT2D eigenvalue weighted by Gasteiger charge is 2.28. The molecule has 0 spiro atoms. The minimum atomic E-state index is 0.698. The Bertz CT molecular complexity index is 216. The minimum Gasteiger partial charge on any atom is -0.301 e. The summed E-state index contributed by atoms with van der Waals surface area (Å²) in [6, 6.07) is 1.54. The molecule has 0 aromatic carbocycles. The minimum absolute atomic E-state index is 0.698. The molecule has 0 bridgehead atoms. The first kappa shape index (κ1) is 16.0. The Hall–Kier alpha value is -0.0400. The Morgan fingerprint density at radius 1 is 1.00 bits per heavy atom. The fourth-order valence-electron chi connectivity index (χ4n) is 3.49. The van der Waals surface area contributed by atoms with E-state index in [-0.39, 0.29) is 0 Å². The van der Waals surface area contributed by atoms with E-state index >= 15 is 0 Å². The summed E-state index contributed by atoms with van der Waals surface area (Å²) in [4.78, 5) is 2.58. The van der Waals surface area contributed by atoms with Gasteiger partial charge >= 0.3 is 0 Å². The predicted octanol–water partition coefficient (Wildman–Crippen LogP) is 4.96. The molecule has 0 saturated heterocycles. The Balaban J connectivity index is 2.34. The van der Waals surface area contributed by atoms with E-state index in [0.29, 0.717) is 6.04 Å². The lowest BCUT2D eigenvalue weighted by atomic mass is 9.75. The van der Waals surface area contributed by atoms with Crippen LogP contribution in [0.3, 0.4) is 0 Å². The van der Waals surface area contributed by atoms with Crippen LogP contribution in [0.2, 0.25) is 0 Å². The van der Waals surface area contributed by atoms with Crippen LogP contribution in [-0.4, -0.2) is 24.0 Å². The second kappa shape index (κ2) is 7.53. The van der Waals surface area contributed by atoms with Crippen LogP contribution >= 0.6 is 0 Å². The summed E-state index contributed by atoms with van der Waals surface area (Å²) < 4.78 is 0. The van der Waals surface area contributed by atoms with Crippen LogP contribution in [0, 0.1) is 17.8 Å². The molecule has 1 heteroatoms. The molecule has 2 unspecified atom stereocenters. The molecular formula is C17H35N. The van der Waals surface area contributed by atoms with Crippen LogP contribution in [0.1, 0.15) is 73.1 Å². The highest BCUT2D eigenvalue weighted by atomic mass is 15.1. The molecule has 1 fully saturated rings. The van der Waals surface area contributed by atoms with Gasteiger partial charge in [-0.15, -0.1) is 0 Å². The predicted molar refractivity (Wildman–Crippen MR) is 81.9 cm³/mol. The second-order valence-electron chi connectivity index (χ2n) is 7.05. The molecule has 0 N–H and O–H groups in total. The number of nitrogens with zero attached hydrogens (tertiary/aromatic N) is 1. The summed E-state index contributed by atoms with van der Waals surface area (Å²) >= 11 is 0. The van der Waals surface area contributed by atoms with Gasteiger partial charge in [-0.2, -0.15) is 0 Å². The molecule has 108 valence electrons. The lowest BCUT2D eigenvalue weighted by Gasteiger charge is -2.39. The molecular weight excluding hydrogens is 218 g/mol. The van der Waals surface area contributed by atoms with Gasteiger partial charge in [0.15, 0.2) is 0 Å². The quantitative estimate of drug-likeness (QED) is 0.647. The molecule has 0 aromatic heterocycles. The summed E-state index contributed by atoms with van der Waals surface area (Å²) in [6.07, 6.45) is 8.54. The highest BCUT2D eigenvalue weighted by Crippen LogP contribution is 2.35. The monoisotopic (exact) mass is 253 g/mol. The van der Waals surface area contributed by atoms with Crippen molar-refractivity contribution in [2.24, 2.45) is 17.8 Å². The van der Waals surface area contributed by atoms with E-state index in [1.54, 1.807) is 0 Å². The summed E-state index contributed by atoms with van der Waals surface area (Å²) in [5, 5.41) is 0. The SMILES string of the molecule is CCC(C)CC(C)C1CCC(N(C)C(C)C)CC1. The molecule has 1 saturated carbocycles. The maximum Gasteiger partial charge on any atom is 0.00951 e. The highest BCUT2D eigenvalue weighted by molar-refractivity contribution is 4.82. The molecule has 1 aliphatic rings. The molecule has 0 radical (unpaired) electrons. The fourth-order valence-corrected chi connectivity index (χ4v) is 3.49. The van der Waals surface area contributed by atoms with Gasteiger partial charge in [0.1, 0.15) is 0 Å². The van der Waals surface area contributed by atoms with Crippen LogP contribution in [0.25, 0.3) is 0 Å². The zero-order chi connectivity index (χ0) is 13.7. The zero-order valence-corrected chi connectivity index (χ0v) is 13.6. The Kier molecular flexibility index (Phi) is 6.70. The van der Waals surface area contributed by atoms with Crippen molar-refractivity contribution in [2.75, 3.05) is 7.05 Å². The summed E-state index contributed by atoms with van der Waals surface area (Å²) in [5.74, 6) is 2.84. The smallest absolute Gasteiger partial charge is 0.00951 e. The number of hydrogen-bond donors (Lipinski definition) is 0. The Morgan fingerprint density at radius 3 is 2.00 bits per heavy atom. The third-order valence-electron chi connectivity index (χ3n) is 5.41. The van der Waals surface area contributed by atoms with Gasteiger partial charge in [0.2, 0.25) is 0 Å².